The SMILES string of the molecule is C[C@H](NC[C@H](O)COc1ccc([N+](=O)[O-])cc1)c1ccccc1. The monoisotopic (exact) mass is 316 g/mol. The van der Waals surface area contributed by atoms with Gasteiger partial charge in [0.25, 0.3) is 5.69 Å². The Hall–Kier alpha value is -2.44. The van der Waals surface area contributed by atoms with Crippen LogP contribution in [0, 0.1) is 10.1 Å². The Bertz CT molecular complexity index is 616. The first-order valence-corrected chi connectivity index (χ1v) is 7.40. The highest BCUT2D eigenvalue weighted by Gasteiger charge is 2.10. The quantitative estimate of drug-likeness (QED) is 0.578. The third-order valence-electron chi connectivity index (χ3n) is 3.45. The van der Waals surface area contributed by atoms with Gasteiger partial charge in [-0.15, -0.1) is 0 Å². The number of benzene rings is 2. The van der Waals surface area contributed by atoms with E-state index in [1.54, 1.807) is 0 Å². The topological polar surface area (TPSA) is 84.6 Å². The van der Waals surface area contributed by atoms with Gasteiger partial charge >= 0.3 is 0 Å². The normalized spacial score (nSPS) is 13.3. The predicted octanol–water partition coefficient (Wildman–Crippen LogP) is 2.69. The van der Waals surface area contributed by atoms with Crippen molar-refractivity contribution in [1.82, 2.24) is 5.32 Å². The minimum atomic E-state index is -0.670. The molecule has 122 valence electrons. The lowest BCUT2D eigenvalue weighted by Gasteiger charge is -2.18. The third kappa shape index (κ3) is 5.36. The maximum atomic E-state index is 10.6. The number of rotatable bonds is 8. The molecule has 0 unspecified atom stereocenters. The molecule has 2 aromatic rings. The van der Waals surface area contributed by atoms with E-state index in [-0.39, 0.29) is 18.3 Å². The number of nitrogens with one attached hydrogen (secondary N) is 1. The molecule has 0 radical (unpaired) electrons. The Morgan fingerprint density at radius 2 is 1.83 bits per heavy atom. The second kappa shape index (κ2) is 8.26. The van der Waals surface area contributed by atoms with Crippen molar-refractivity contribution in [2.24, 2.45) is 0 Å². The molecule has 0 fully saturated rings. The molecule has 2 atom stereocenters. The van der Waals surface area contributed by atoms with Crippen LogP contribution in [-0.2, 0) is 0 Å². The number of ether oxygens (including phenoxy) is 1. The summed E-state index contributed by atoms with van der Waals surface area (Å²) in [4.78, 5) is 10.1. The van der Waals surface area contributed by atoms with E-state index in [4.69, 9.17) is 4.74 Å². The van der Waals surface area contributed by atoms with Gasteiger partial charge in [-0.05, 0) is 24.6 Å². The molecule has 0 aromatic heterocycles. The third-order valence-corrected chi connectivity index (χ3v) is 3.45. The fourth-order valence-corrected chi connectivity index (χ4v) is 2.09. The molecule has 0 saturated carbocycles. The van der Waals surface area contributed by atoms with Crippen molar-refractivity contribution in [1.29, 1.82) is 0 Å². The first-order valence-electron chi connectivity index (χ1n) is 7.40. The molecule has 6 heteroatoms. The van der Waals surface area contributed by atoms with Gasteiger partial charge in [0.15, 0.2) is 0 Å². The van der Waals surface area contributed by atoms with Crippen LogP contribution in [0.4, 0.5) is 5.69 Å². The van der Waals surface area contributed by atoms with Gasteiger partial charge in [-0.25, -0.2) is 0 Å². The lowest BCUT2D eigenvalue weighted by Crippen LogP contribution is -2.33. The van der Waals surface area contributed by atoms with Crippen LogP contribution in [0.2, 0.25) is 0 Å². The summed E-state index contributed by atoms with van der Waals surface area (Å²) in [6.07, 6.45) is -0.670. The zero-order valence-corrected chi connectivity index (χ0v) is 12.9. The zero-order chi connectivity index (χ0) is 16.7. The first-order chi connectivity index (χ1) is 11.1. The van der Waals surface area contributed by atoms with Crippen molar-refractivity contribution in [3.63, 3.8) is 0 Å². The molecule has 0 saturated heterocycles. The van der Waals surface area contributed by atoms with E-state index >= 15 is 0 Å². The molecule has 0 bridgehead atoms. The summed E-state index contributed by atoms with van der Waals surface area (Å²) in [5, 5.41) is 23.8. The number of nitro benzene ring substituents is 1. The summed E-state index contributed by atoms with van der Waals surface area (Å²) >= 11 is 0. The van der Waals surface area contributed by atoms with Gasteiger partial charge in [0.05, 0.1) is 4.92 Å². The summed E-state index contributed by atoms with van der Waals surface area (Å²) in [6.45, 7) is 2.54. The Kier molecular flexibility index (Phi) is 6.08. The highest BCUT2D eigenvalue weighted by molar-refractivity contribution is 5.35. The second-order valence-electron chi connectivity index (χ2n) is 5.26. The van der Waals surface area contributed by atoms with Gasteiger partial charge in [0.1, 0.15) is 18.5 Å². The van der Waals surface area contributed by atoms with Crippen LogP contribution in [0.25, 0.3) is 0 Å². The summed E-state index contributed by atoms with van der Waals surface area (Å²) in [5.41, 5.74) is 1.16. The largest absolute Gasteiger partial charge is 0.491 e. The minimum absolute atomic E-state index is 0.0104. The molecule has 0 heterocycles. The number of hydrogen-bond donors (Lipinski definition) is 2. The molecule has 0 aliphatic heterocycles. The Morgan fingerprint density at radius 3 is 2.43 bits per heavy atom. The Morgan fingerprint density at radius 1 is 1.17 bits per heavy atom. The maximum Gasteiger partial charge on any atom is 0.269 e. The summed E-state index contributed by atoms with van der Waals surface area (Å²) in [6, 6.07) is 15.9. The average Bonchev–Trinajstić information content (AvgIpc) is 2.59. The number of nitrogens with zero attached hydrogens (tertiary/aromatic N) is 1. The lowest BCUT2D eigenvalue weighted by atomic mass is 10.1. The Balaban J connectivity index is 1.74. The van der Waals surface area contributed by atoms with E-state index in [9.17, 15) is 15.2 Å². The van der Waals surface area contributed by atoms with Gasteiger partial charge in [-0.2, -0.15) is 0 Å². The van der Waals surface area contributed by atoms with Crippen molar-refractivity contribution < 1.29 is 14.8 Å². The molecular formula is C17H20N2O4. The summed E-state index contributed by atoms with van der Waals surface area (Å²) in [5.74, 6) is 0.491. The number of non-ortho nitro benzene ring substituents is 1. The van der Waals surface area contributed by atoms with Crippen molar-refractivity contribution in [2.75, 3.05) is 13.2 Å². The lowest BCUT2D eigenvalue weighted by molar-refractivity contribution is -0.384. The second-order valence-corrected chi connectivity index (χ2v) is 5.26. The van der Waals surface area contributed by atoms with E-state index in [1.807, 2.05) is 37.3 Å². The molecule has 23 heavy (non-hydrogen) atoms. The summed E-state index contributed by atoms with van der Waals surface area (Å²) in [7, 11) is 0. The van der Waals surface area contributed by atoms with Crippen molar-refractivity contribution >= 4 is 5.69 Å². The van der Waals surface area contributed by atoms with E-state index in [0.29, 0.717) is 12.3 Å². The van der Waals surface area contributed by atoms with Crippen LogP contribution in [-0.4, -0.2) is 29.3 Å². The van der Waals surface area contributed by atoms with E-state index in [1.165, 1.54) is 24.3 Å². The molecule has 2 aromatic carbocycles. The molecule has 2 rings (SSSR count). The van der Waals surface area contributed by atoms with Gasteiger partial charge in [-0.3, -0.25) is 10.1 Å². The smallest absolute Gasteiger partial charge is 0.269 e. The number of nitro groups is 1. The highest BCUT2D eigenvalue weighted by Crippen LogP contribution is 2.17. The fraction of sp³-hybridized carbons (Fsp3) is 0.294. The van der Waals surface area contributed by atoms with Crippen molar-refractivity contribution in [2.45, 2.75) is 19.1 Å². The maximum absolute atomic E-state index is 10.6. The molecular weight excluding hydrogens is 296 g/mol. The molecule has 0 aliphatic rings. The van der Waals surface area contributed by atoms with Crippen molar-refractivity contribution in [3.8, 4) is 5.75 Å². The number of aliphatic hydroxyl groups excluding tert-OH is 1. The Labute approximate surface area is 134 Å². The van der Waals surface area contributed by atoms with Crippen LogP contribution in [0.5, 0.6) is 5.75 Å². The van der Waals surface area contributed by atoms with E-state index in [0.717, 1.165) is 5.56 Å². The van der Waals surface area contributed by atoms with Crippen LogP contribution < -0.4 is 10.1 Å². The number of hydrogen-bond acceptors (Lipinski definition) is 5. The highest BCUT2D eigenvalue weighted by atomic mass is 16.6. The average molecular weight is 316 g/mol. The van der Waals surface area contributed by atoms with Crippen molar-refractivity contribution in [3.05, 3.63) is 70.3 Å². The zero-order valence-electron chi connectivity index (χ0n) is 12.9. The number of aliphatic hydroxyl groups is 1. The van der Waals surface area contributed by atoms with Gasteiger partial charge < -0.3 is 15.2 Å². The van der Waals surface area contributed by atoms with Crippen LogP contribution in [0.15, 0.2) is 54.6 Å². The molecule has 2 N–H and O–H groups in total. The van der Waals surface area contributed by atoms with Crippen LogP contribution >= 0.6 is 0 Å². The standard InChI is InChI=1S/C17H20N2O4/c1-13(14-5-3-2-4-6-14)18-11-16(20)12-23-17-9-7-15(8-10-17)19(21)22/h2-10,13,16,18,20H,11-12H2,1H3/t13-,16-/m0/s1. The first kappa shape index (κ1) is 16.9. The summed E-state index contributed by atoms with van der Waals surface area (Å²) < 4.78 is 5.43. The van der Waals surface area contributed by atoms with E-state index in [2.05, 4.69) is 5.32 Å². The minimum Gasteiger partial charge on any atom is -0.491 e. The molecule has 0 amide bonds. The van der Waals surface area contributed by atoms with Gasteiger partial charge in [-0.1, -0.05) is 30.3 Å². The molecule has 0 aliphatic carbocycles. The van der Waals surface area contributed by atoms with Crippen LogP contribution in [0.1, 0.15) is 18.5 Å². The van der Waals surface area contributed by atoms with Gasteiger partial charge in [0, 0.05) is 24.7 Å². The molecule has 6 nitrogen and oxygen atoms in total. The van der Waals surface area contributed by atoms with E-state index < -0.39 is 11.0 Å². The fourth-order valence-electron chi connectivity index (χ4n) is 2.09. The molecule has 0 spiro atoms. The van der Waals surface area contributed by atoms with Crippen LogP contribution in [0.3, 0.4) is 0 Å². The predicted molar refractivity (Wildman–Crippen MR) is 87.5 cm³/mol. The van der Waals surface area contributed by atoms with Gasteiger partial charge in [0.2, 0.25) is 0 Å².